The zero-order valence-corrected chi connectivity index (χ0v) is 29.4. The third kappa shape index (κ3) is 7.82. The van der Waals surface area contributed by atoms with Crippen molar-refractivity contribution in [3.63, 3.8) is 0 Å². The van der Waals surface area contributed by atoms with Crippen molar-refractivity contribution in [2.75, 3.05) is 31.6 Å². The Bertz CT molecular complexity index is 1380. The Balaban J connectivity index is 1.13. The summed E-state index contributed by atoms with van der Waals surface area (Å²) in [5.41, 5.74) is 1.34. The first-order valence-corrected chi connectivity index (χ1v) is 19.9. The van der Waals surface area contributed by atoms with Gasteiger partial charge in [0.05, 0.1) is 6.10 Å². The van der Waals surface area contributed by atoms with Gasteiger partial charge in [-0.05, 0) is 142 Å². The van der Waals surface area contributed by atoms with E-state index in [0.717, 1.165) is 70.0 Å². The molecule has 0 saturated heterocycles. The van der Waals surface area contributed by atoms with Gasteiger partial charge in [0.15, 0.2) is 0 Å². The molecule has 1 aromatic carbocycles. The summed E-state index contributed by atoms with van der Waals surface area (Å²) in [5.74, 6) is -3.50. The highest BCUT2D eigenvalue weighted by molar-refractivity contribution is 7.99. The van der Waals surface area contributed by atoms with Crippen LogP contribution in [0.5, 0.6) is 5.75 Å². The van der Waals surface area contributed by atoms with Crippen molar-refractivity contribution in [1.29, 1.82) is 0 Å². The molecule has 0 radical (unpaired) electrons. The van der Waals surface area contributed by atoms with Crippen molar-refractivity contribution < 1.29 is 44.0 Å². The highest BCUT2D eigenvalue weighted by atomic mass is 32.2. The third-order valence-corrected chi connectivity index (χ3v) is 13.8. The summed E-state index contributed by atoms with van der Waals surface area (Å²) in [6.45, 7) is 3.94. The van der Waals surface area contributed by atoms with E-state index >= 15 is 4.39 Å². The number of unbranched alkanes of at least 4 members (excludes halogenated alkanes) is 2. The minimum absolute atomic E-state index is 0.00871. The minimum atomic E-state index is -5.49. The second-order valence-electron chi connectivity index (χ2n) is 15.0. The second-order valence-corrected chi connectivity index (χ2v) is 17.4. The SMILES string of the molecule is CN(CCCCC[C@H]1C2C(CC[C@@]3(C)C2C[C@@H](O)C32CC2)c2ccc(OS(N)(=O)=O)cc2[C@@H]1F)CCCSCCCC(F)(F)C(F)(F)F. The van der Waals surface area contributed by atoms with Crippen molar-refractivity contribution >= 4 is 22.1 Å². The summed E-state index contributed by atoms with van der Waals surface area (Å²) in [5, 5.41) is 16.3. The van der Waals surface area contributed by atoms with Crippen LogP contribution >= 0.6 is 11.8 Å². The smallest absolute Gasteiger partial charge is 0.393 e. The molecular formula is C34H50F6N2O4S2. The maximum atomic E-state index is 16.7. The van der Waals surface area contributed by atoms with Gasteiger partial charge in [0.2, 0.25) is 0 Å². The molecule has 14 heteroatoms. The fraction of sp³-hybridized carbons (Fsp3) is 0.824. The normalized spacial score (nSPS) is 31.1. The lowest BCUT2D eigenvalue weighted by Crippen LogP contribution is -2.47. The van der Waals surface area contributed by atoms with Crippen LogP contribution in [0.2, 0.25) is 0 Å². The number of aliphatic hydroxyl groups is 1. The average molecular weight is 729 g/mol. The van der Waals surface area contributed by atoms with Gasteiger partial charge in [-0.3, -0.25) is 0 Å². The van der Waals surface area contributed by atoms with E-state index in [2.05, 4.69) is 11.8 Å². The van der Waals surface area contributed by atoms with E-state index in [0.29, 0.717) is 24.2 Å². The predicted octanol–water partition coefficient (Wildman–Crippen LogP) is 8.16. The lowest BCUT2D eigenvalue weighted by atomic mass is 9.50. The summed E-state index contributed by atoms with van der Waals surface area (Å²) >= 11 is 1.39. The van der Waals surface area contributed by atoms with E-state index in [-0.39, 0.29) is 58.5 Å². The topological polar surface area (TPSA) is 92.9 Å². The number of hydrogen-bond donors (Lipinski definition) is 2. The molecule has 3 saturated carbocycles. The fourth-order valence-corrected chi connectivity index (χ4v) is 10.9. The number of rotatable bonds is 16. The second kappa shape index (κ2) is 14.4. The van der Waals surface area contributed by atoms with Crippen molar-refractivity contribution in [3.8, 4) is 5.75 Å². The lowest BCUT2D eigenvalue weighted by molar-refractivity contribution is -0.284. The molecule has 0 heterocycles. The number of benzene rings is 1. The molecule has 1 aromatic rings. The van der Waals surface area contributed by atoms with Gasteiger partial charge in [-0.1, -0.05) is 25.8 Å². The fourth-order valence-electron chi connectivity index (χ4n) is 9.63. The van der Waals surface area contributed by atoms with Gasteiger partial charge in [-0.15, -0.1) is 0 Å². The average Bonchev–Trinajstić information content (AvgIpc) is 3.77. The molecule has 5 rings (SSSR count). The number of fused-ring (bicyclic) bond motifs is 6. The molecule has 0 amide bonds. The molecule has 7 atom stereocenters. The summed E-state index contributed by atoms with van der Waals surface area (Å²) in [7, 11) is -2.26. The highest BCUT2D eigenvalue weighted by Gasteiger charge is 2.71. The van der Waals surface area contributed by atoms with Crippen LogP contribution in [0.1, 0.15) is 107 Å². The van der Waals surface area contributed by atoms with Crippen LogP contribution in [0.3, 0.4) is 0 Å². The molecule has 1 spiro atoms. The van der Waals surface area contributed by atoms with Crippen LogP contribution in [0.4, 0.5) is 26.3 Å². The summed E-state index contributed by atoms with van der Waals surface area (Å²) < 4.78 is 108. The summed E-state index contributed by atoms with van der Waals surface area (Å²) in [6.07, 6.45) is 0.270. The highest BCUT2D eigenvalue weighted by Crippen LogP contribution is 2.77. The largest absolute Gasteiger partial charge is 0.453 e. The molecule has 6 nitrogen and oxygen atoms in total. The molecule has 3 fully saturated rings. The van der Waals surface area contributed by atoms with Crippen LogP contribution in [0, 0.1) is 28.6 Å². The van der Waals surface area contributed by atoms with E-state index in [9.17, 15) is 35.5 Å². The van der Waals surface area contributed by atoms with Gasteiger partial charge < -0.3 is 14.2 Å². The third-order valence-electron chi connectivity index (χ3n) is 12.2. The quantitative estimate of drug-likeness (QED) is 0.132. The number of alkyl halides is 6. The number of thioether (sulfide) groups is 1. The first kappa shape index (κ1) is 38.0. The Morgan fingerprint density at radius 3 is 2.38 bits per heavy atom. The Hall–Kier alpha value is -1.22. The number of hydrogen-bond acceptors (Lipinski definition) is 6. The van der Waals surface area contributed by atoms with Gasteiger partial charge in [0.1, 0.15) is 11.9 Å². The van der Waals surface area contributed by atoms with E-state index in [4.69, 9.17) is 9.32 Å². The molecule has 4 aliphatic rings. The number of aliphatic hydroxyl groups excluding tert-OH is 1. The van der Waals surface area contributed by atoms with Crippen LogP contribution in [0.25, 0.3) is 0 Å². The molecule has 3 N–H and O–H groups in total. The number of nitrogens with zero attached hydrogens (tertiary/aromatic N) is 1. The molecular weight excluding hydrogens is 679 g/mol. The first-order chi connectivity index (χ1) is 22.4. The standard InChI is InChI=1S/C34H50F6N2O4S2/c1-31-13-11-24-23-10-9-22(46-48(41,44)45)20-26(23)30(35)25(29(24)27(31)21-28(43)32(31)14-15-32)8-4-3-5-16-42(2)17-7-19-47-18-6-12-33(36,37)34(38,39)40/h9-10,20,24-25,27-30,43H,3-8,11-19,21H2,1-2H3,(H2,41,44,45)/t24?,25-,27?,28+,29?,30+,31-/m0/s1. The first-order valence-electron chi connectivity index (χ1n) is 17.3. The summed E-state index contributed by atoms with van der Waals surface area (Å²) in [4.78, 5) is 2.18. The molecule has 0 aliphatic heterocycles. The Kier molecular flexibility index (Phi) is 11.4. The van der Waals surface area contributed by atoms with E-state index in [1.54, 1.807) is 12.1 Å². The predicted molar refractivity (Wildman–Crippen MR) is 175 cm³/mol. The molecule has 4 aliphatic carbocycles. The Morgan fingerprint density at radius 2 is 1.71 bits per heavy atom. The van der Waals surface area contributed by atoms with E-state index in [1.165, 1.54) is 17.8 Å². The van der Waals surface area contributed by atoms with Crippen molar-refractivity contribution in [2.24, 2.45) is 33.7 Å². The van der Waals surface area contributed by atoms with E-state index in [1.807, 2.05) is 7.05 Å². The van der Waals surface area contributed by atoms with Gasteiger partial charge in [0, 0.05) is 11.8 Å². The molecule has 48 heavy (non-hydrogen) atoms. The molecule has 274 valence electrons. The summed E-state index contributed by atoms with van der Waals surface area (Å²) in [6, 6.07) is 4.86. The van der Waals surface area contributed by atoms with Gasteiger partial charge in [-0.2, -0.15) is 47.3 Å². The maximum absolute atomic E-state index is 16.7. The van der Waals surface area contributed by atoms with Crippen LogP contribution < -0.4 is 9.32 Å². The molecule has 0 aromatic heterocycles. The lowest BCUT2D eigenvalue weighted by Gasteiger charge is -2.54. The van der Waals surface area contributed by atoms with Crippen LogP contribution in [0.15, 0.2) is 18.2 Å². The number of nitrogens with two attached hydrogens (primary N) is 1. The maximum Gasteiger partial charge on any atom is 0.453 e. The van der Waals surface area contributed by atoms with Gasteiger partial charge in [0.25, 0.3) is 0 Å². The van der Waals surface area contributed by atoms with Crippen LogP contribution in [-0.2, 0) is 10.3 Å². The van der Waals surface area contributed by atoms with Gasteiger partial charge >= 0.3 is 22.4 Å². The zero-order chi connectivity index (χ0) is 35.1. The zero-order valence-electron chi connectivity index (χ0n) is 27.8. The Morgan fingerprint density at radius 1 is 1.02 bits per heavy atom. The molecule has 0 bridgehead atoms. The van der Waals surface area contributed by atoms with Crippen LogP contribution in [-0.4, -0.2) is 68.3 Å². The van der Waals surface area contributed by atoms with Crippen molar-refractivity contribution in [2.45, 2.75) is 114 Å². The minimum Gasteiger partial charge on any atom is -0.393 e. The molecule has 3 unspecified atom stereocenters. The van der Waals surface area contributed by atoms with Gasteiger partial charge in [-0.25, -0.2) is 4.39 Å². The Labute approximate surface area is 285 Å². The monoisotopic (exact) mass is 728 g/mol. The van der Waals surface area contributed by atoms with Crippen molar-refractivity contribution in [1.82, 2.24) is 4.90 Å². The van der Waals surface area contributed by atoms with Crippen molar-refractivity contribution in [3.05, 3.63) is 29.3 Å². The number of halogens is 6. The van der Waals surface area contributed by atoms with E-state index < -0.39 is 35.0 Å².